The lowest BCUT2D eigenvalue weighted by Gasteiger charge is -2.11. The van der Waals surface area contributed by atoms with Crippen molar-refractivity contribution in [3.63, 3.8) is 0 Å². The van der Waals surface area contributed by atoms with Gasteiger partial charge in [0.05, 0.1) is 12.1 Å². The van der Waals surface area contributed by atoms with Crippen LogP contribution in [0.15, 0.2) is 36.5 Å². The first-order chi connectivity index (χ1) is 8.72. The molecule has 3 nitrogen and oxygen atoms in total. The maximum Gasteiger partial charge on any atom is 0.177 e. The molecule has 3 heteroatoms. The molecule has 0 aliphatic rings. The molecule has 1 unspecified atom stereocenters. The van der Waals surface area contributed by atoms with Crippen LogP contribution in [0.2, 0.25) is 0 Å². The van der Waals surface area contributed by atoms with E-state index in [-0.39, 0.29) is 5.78 Å². The molecule has 1 N–H and O–H groups in total. The van der Waals surface area contributed by atoms with Gasteiger partial charge in [-0.1, -0.05) is 25.1 Å². The summed E-state index contributed by atoms with van der Waals surface area (Å²) in [7, 11) is 0. The molecule has 2 aromatic rings. The topological polar surface area (TPSA) is 42.0 Å². The highest BCUT2D eigenvalue weighted by atomic mass is 16.1. The Kier molecular flexibility index (Phi) is 4.05. The van der Waals surface area contributed by atoms with E-state index in [0.29, 0.717) is 12.6 Å². The molecule has 0 fully saturated rings. The molecular formula is C15H18N2O. The van der Waals surface area contributed by atoms with Crippen LogP contribution in [0.1, 0.15) is 30.6 Å². The molecule has 0 bridgehead atoms. The van der Waals surface area contributed by atoms with Crippen LogP contribution in [-0.4, -0.2) is 23.4 Å². The van der Waals surface area contributed by atoms with Crippen LogP contribution in [0.3, 0.4) is 0 Å². The first-order valence-electron chi connectivity index (χ1n) is 6.32. The van der Waals surface area contributed by atoms with Gasteiger partial charge in [0.2, 0.25) is 0 Å². The van der Waals surface area contributed by atoms with E-state index in [1.54, 1.807) is 6.20 Å². The van der Waals surface area contributed by atoms with E-state index < -0.39 is 0 Å². The number of nitrogens with zero attached hydrogens (tertiary/aromatic N) is 1. The van der Waals surface area contributed by atoms with Crippen LogP contribution in [0.25, 0.3) is 10.9 Å². The van der Waals surface area contributed by atoms with Gasteiger partial charge in [-0.05, 0) is 25.5 Å². The highest BCUT2D eigenvalue weighted by molar-refractivity contribution is 6.08. The van der Waals surface area contributed by atoms with Crippen LogP contribution >= 0.6 is 0 Å². The average molecular weight is 242 g/mol. The van der Waals surface area contributed by atoms with E-state index in [0.717, 1.165) is 22.9 Å². The van der Waals surface area contributed by atoms with Gasteiger partial charge in [-0.15, -0.1) is 0 Å². The van der Waals surface area contributed by atoms with Gasteiger partial charge in [-0.25, -0.2) is 0 Å². The Labute approximate surface area is 107 Å². The molecule has 0 spiro atoms. The van der Waals surface area contributed by atoms with E-state index in [1.807, 2.05) is 30.3 Å². The lowest BCUT2D eigenvalue weighted by atomic mass is 10.0. The normalized spacial score (nSPS) is 12.6. The van der Waals surface area contributed by atoms with Crippen molar-refractivity contribution >= 4 is 16.7 Å². The fourth-order valence-electron chi connectivity index (χ4n) is 1.85. The third-order valence-corrected chi connectivity index (χ3v) is 3.17. The maximum atomic E-state index is 12.2. The summed E-state index contributed by atoms with van der Waals surface area (Å²) < 4.78 is 0. The van der Waals surface area contributed by atoms with Crippen molar-refractivity contribution in [2.24, 2.45) is 0 Å². The highest BCUT2D eigenvalue weighted by Crippen LogP contribution is 2.16. The van der Waals surface area contributed by atoms with Crippen LogP contribution in [0.5, 0.6) is 0 Å². The predicted octanol–water partition coefficient (Wildman–Crippen LogP) is 2.81. The lowest BCUT2D eigenvalue weighted by molar-refractivity contribution is 0.0989. The van der Waals surface area contributed by atoms with Gasteiger partial charge in [0.1, 0.15) is 0 Å². The molecule has 0 amide bonds. The molecular weight excluding hydrogens is 224 g/mol. The van der Waals surface area contributed by atoms with Crippen LogP contribution < -0.4 is 5.32 Å². The van der Waals surface area contributed by atoms with E-state index in [2.05, 4.69) is 24.1 Å². The zero-order chi connectivity index (χ0) is 13.0. The van der Waals surface area contributed by atoms with Gasteiger partial charge < -0.3 is 5.32 Å². The first kappa shape index (κ1) is 12.7. The Bertz CT molecular complexity index is 546. The van der Waals surface area contributed by atoms with Crippen molar-refractivity contribution in [3.8, 4) is 0 Å². The van der Waals surface area contributed by atoms with E-state index >= 15 is 0 Å². The maximum absolute atomic E-state index is 12.2. The molecule has 1 aromatic carbocycles. The number of pyridine rings is 1. The van der Waals surface area contributed by atoms with Crippen LogP contribution in [-0.2, 0) is 0 Å². The second-order valence-electron chi connectivity index (χ2n) is 4.49. The average Bonchev–Trinajstić information content (AvgIpc) is 2.43. The van der Waals surface area contributed by atoms with Gasteiger partial charge in [-0.2, -0.15) is 0 Å². The molecule has 0 aliphatic carbocycles. The van der Waals surface area contributed by atoms with Crippen molar-refractivity contribution in [1.29, 1.82) is 0 Å². The molecule has 0 saturated heterocycles. The smallest absolute Gasteiger partial charge is 0.177 e. The molecule has 1 aromatic heterocycles. The zero-order valence-corrected chi connectivity index (χ0v) is 10.8. The highest BCUT2D eigenvalue weighted by Gasteiger charge is 2.10. The number of carbonyl (C=O) groups is 1. The number of fused-ring (bicyclic) bond motifs is 1. The third-order valence-electron chi connectivity index (χ3n) is 3.17. The Morgan fingerprint density at radius 2 is 2.17 bits per heavy atom. The standard InChI is InChI=1S/C15H18N2O/c1-3-11(2)17-10-15(18)13-6-4-8-14-12(13)7-5-9-16-14/h4-9,11,17H,3,10H2,1-2H3. The van der Waals surface area contributed by atoms with Crippen molar-refractivity contribution in [3.05, 3.63) is 42.1 Å². The second-order valence-corrected chi connectivity index (χ2v) is 4.49. The third kappa shape index (κ3) is 2.74. The van der Waals surface area contributed by atoms with E-state index in [9.17, 15) is 4.79 Å². The number of ketones is 1. The quantitative estimate of drug-likeness (QED) is 0.820. The number of benzene rings is 1. The van der Waals surface area contributed by atoms with Crippen LogP contribution in [0, 0.1) is 0 Å². The number of nitrogens with one attached hydrogen (secondary N) is 1. The fourth-order valence-corrected chi connectivity index (χ4v) is 1.85. The van der Waals surface area contributed by atoms with Crippen molar-refractivity contribution in [2.75, 3.05) is 6.54 Å². The Morgan fingerprint density at radius 1 is 1.33 bits per heavy atom. The minimum Gasteiger partial charge on any atom is -0.307 e. The fraction of sp³-hybridized carbons (Fsp3) is 0.333. The summed E-state index contributed by atoms with van der Waals surface area (Å²) in [6, 6.07) is 9.84. The molecule has 0 radical (unpaired) electrons. The summed E-state index contributed by atoms with van der Waals surface area (Å²) in [6.07, 6.45) is 2.76. The molecule has 1 atom stereocenters. The first-order valence-corrected chi connectivity index (χ1v) is 6.32. The lowest BCUT2D eigenvalue weighted by Crippen LogP contribution is -2.30. The number of carbonyl (C=O) groups excluding carboxylic acids is 1. The summed E-state index contributed by atoms with van der Waals surface area (Å²) in [6.45, 7) is 4.56. The number of hydrogen-bond acceptors (Lipinski definition) is 3. The minimum atomic E-state index is 0.119. The van der Waals surface area contributed by atoms with Crippen LogP contribution in [0.4, 0.5) is 0 Å². The van der Waals surface area contributed by atoms with Gasteiger partial charge >= 0.3 is 0 Å². The second kappa shape index (κ2) is 5.74. The Balaban J connectivity index is 2.22. The summed E-state index contributed by atoms with van der Waals surface area (Å²) in [5.41, 5.74) is 1.61. The van der Waals surface area contributed by atoms with Crippen molar-refractivity contribution in [2.45, 2.75) is 26.3 Å². The summed E-state index contributed by atoms with van der Waals surface area (Å²) in [5, 5.41) is 4.15. The minimum absolute atomic E-state index is 0.119. The summed E-state index contributed by atoms with van der Waals surface area (Å²) in [4.78, 5) is 16.5. The van der Waals surface area contributed by atoms with Gasteiger partial charge in [0, 0.05) is 23.2 Å². The molecule has 94 valence electrons. The SMILES string of the molecule is CCC(C)NCC(=O)c1cccc2ncccc12. The molecule has 2 rings (SSSR count). The molecule has 0 saturated carbocycles. The van der Waals surface area contributed by atoms with E-state index in [4.69, 9.17) is 0 Å². The van der Waals surface area contributed by atoms with Gasteiger partial charge in [0.25, 0.3) is 0 Å². The number of rotatable bonds is 5. The molecule has 0 aliphatic heterocycles. The number of hydrogen-bond donors (Lipinski definition) is 1. The predicted molar refractivity (Wildman–Crippen MR) is 73.8 cm³/mol. The Hall–Kier alpha value is -1.74. The van der Waals surface area contributed by atoms with Gasteiger partial charge in [-0.3, -0.25) is 9.78 Å². The largest absolute Gasteiger partial charge is 0.307 e. The van der Waals surface area contributed by atoms with Crippen molar-refractivity contribution < 1.29 is 4.79 Å². The Morgan fingerprint density at radius 3 is 2.94 bits per heavy atom. The van der Waals surface area contributed by atoms with Crippen molar-refractivity contribution in [1.82, 2.24) is 10.3 Å². The summed E-state index contributed by atoms with van der Waals surface area (Å²) >= 11 is 0. The molecule has 18 heavy (non-hydrogen) atoms. The summed E-state index contributed by atoms with van der Waals surface area (Å²) in [5.74, 6) is 0.119. The number of aromatic nitrogens is 1. The molecule has 1 heterocycles. The number of Topliss-reactive ketones (excluding diaryl/α,β-unsaturated/α-hetero) is 1. The zero-order valence-electron chi connectivity index (χ0n) is 10.8. The van der Waals surface area contributed by atoms with Gasteiger partial charge in [0.15, 0.2) is 5.78 Å². The van der Waals surface area contributed by atoms with E-state index in [1.165, 1.54) is 0 Å². The monoisotopic (exact) mass is 242 g/mol.